The van der Waals surface area contributed by atoms with Gasteiger partial charge in [0.2, 0.25) is 0 Å². The van der Waals surface area contributed by atoms with Crippen LogP contribution in [0.4, 0.5) is 0 Å². The standard InChI is InChI=1S/C8H19NO2/c1-3-8(2)9-4-6-11-7-5-10/h8-10H,3-7H2,1-2H3/t8-/m0/s1. The summed E-state index contributed by atoms with van der Waals surface area (Å²) in [6.07, 6.45) is 1.14. The number of hydrogen-bond acceptors (Lipinski definition) is 3. The average molecular weight is 161 g/mol. The minimum absolute atomic E-state index is 0.114. The lowest BCUT2D eigenvalue weighted by atomic mass is 10.3. The maximum atomic E-state index is 8.38. The highest BCUT2D eigenvalue weighted by Crippen LogP contribution is 1.85. The Morgan fingerprint density at radius 3 is 2.73 bits per heavy atom. The summed E-state index contributed by atoms with van der Waals surface area (Å²) in [5.74, 6) is 0. The molecule has 0 spiro atoms. The molecule has 0 aromatic carbocycles. The van der Waals surface area contributed by atoms with Crippen molar-refractivity contribution in [1.82, 2.24) is 5.32 Å². The fraction of sp³-hybridized carbons (Fsp3) is 1.00. The predicted octanol–water partition coefficient (Wildman–Crippen LogP) is 0.383. The third-order valence-electron chi connectivity index (χ3n) is 1.59. The van der Waals surface area contributed by atoms with Crippen LogP contribution in [0.1, 0.15) is 20.3 Å². The van der Waals surface area contributed by atoms with Crippen molar-refractivity contribution in [2.45, 2.75) is 26.3 Å². The van der Waals surface area contributed by atoms with E-state index in [1.165, 1.54) is 0 Å². The third-order valence-corrected chi connectivity index (χ3v) is 1.59. The first-order valence-corrected chi connectivity index (χ1v) is 4.23. The molecule has 0 fully saturated rings. The summed E-state index contributed by atoms with van der Waals surface area (Å²) >= 11 is 0. The molecule has 0 heterocycles. The highest BCUT2D eigenvalue weighted by molar-refractivity contribution is 4.55. The number of nitrogens with one attached hydrogen (secondary N) is 1. The van der Waals surface area contributed by atoms with Gasteiger partial charge in [0.1, 0.15) is 0 Å². The first-order chi connectivity index (χ1) is 5.31. The average Bonchev–Trinajstić information content (AvgIpc) is 2.04. The summed E-state index contributed by atoms with van der Waals surface area (Å²) in [6, 6.07) is 0.563. The highest BCUT2D eigenvalue weighted by Gasteiger charge is 1.94. The molecule has 11 heavy (non-hydrogen) atoms. The van der Waals surface area contributed by atoms with Gasteiger partial charge in [0.05, 0.1) is 19.8 Å². The van der Waals surface area contributed by atoms with E-state index in [1.54, 1.807) is 0 Å². The van der Waals surface area contributed by atoms with Crippen molar-refractivity contribution in [3.8, 4) is 0 Å². The fourth-order valence-electron chi connectivity index (χ4n) is 0.688. The molecule has 0 saturated carbocycles. The Kier molecular flexibility index (Phi) is 7.89. The number of rotatable bonds is 7. The number of aliphatic hydroxyl groups is 1. The Morgan fingerprint density at radius 1 is 1.45 bits per heavy atom. The molecule has 0 bridgehead atoms. The van der Waals surface area contributed by atoms with Gasteiger partial charge in [-0.05, 0) is 13.3 Å². The van der Waals surface area contributed by atoms with Gasteiger partial charge in [-0.2, -0.15) is 0 Å². The van der Waals surface area contributed by atoms with Crippen molar-refractivity contribution in [2.24, 2.45) is 0 Å². The summed E-state index contributed by atoms with van der Waals surface area (Å²) in [7, 11) is 0. The molecule has 1 atom stereocenters. The normalized spacial score (nSPS) is 13.4. The van der Waals surface area contributed by atoms with Gasteiger partial charge in [0.15, 0.2) is 0 Å². The van der Waals surface area contributed by atoms with Crippen molar-refractivity contribution in [2.75, 3.05) is 26.4 Å². The second-order valence-corrected chi connectivity index (χ2v) is 2.60. The largest absolute Gasteiger partial charge is 0.394 e. The van der Waals surface area contributed by atoms with Crippen LogP contribution in [0.2, 0.25) is 0 Å². The van der Waals surface area contributed by atoms with Crippen molar-refractivity contribution in [1.29, 1.82) is 0 Å². The van der Waals surface area contributed by atoms with E-state index in [-0.39, 0.29) is 6.61 Å². The molecule has 0 aliphatic rings. The molecule has 0 saturated heterocycles. The zero-order chi connectivity index (χ0) is 8.53. The van der Waals surface area contributed by atoms with Gasteiger partial charge < -0.3 is 15.2 Å². The van der Waals surface area contributed by atoms with Crippen LogP contribution in [0, 0.1) is 0 Å². The molecule has 0 aliphatic carbocycles. The zero-order valence-electron chi connectivity index (χ0n) is 7.47. The smallest absolute Gasteiger partial charge is 0.0698 e. The summed E-state index contributed by atoms with van der Waals surface area (Å²) in [6.45, 7) is 6.41. The van der Waals surface area contributed by atoms with Gasteiger partial charge >= 0.3 is 0 Å². The molecule has 0 unspecified atom stereocenters. The number of hydrogen-bond donors (Lipinski definition) is 2. The molecule has 2 N–H and O–H groups in total. The monoisotopic (exact) mass is 161 g/mol. The van der Waals surface area contributed by atoms with Crippen LogP contribution in [0.3, 0.4) is 0 Å². The molecule has 0 radical (unpaired) electrons. The van der Waals surface area contributed by atoms with E-state index in [4.69, 9.17) is 9.84 Å². The van der Waals surface area contributed by atoms with Crippen LogP contribution >= 0.6 is 0 Å². The molecule has 3 heteroatoms. The maximum Gasteiger partial charge on any atom is 0.0698 e. The topological polar surface area (TPSA) is 41.5 Å². The zero-order valence-corrected chi connectivity index (χ0v) is 7.47. The maximum absolute atomic E-state index is 8.38. The van der Waals surface area contributed by atoms with Gasteiger partial charge in [0.25, 0.3) is 0 Å². The van der Waals surface area contributed by atoms with E-state index in [9.17, 15) is 0 Å². The van der Waals surface area contributed by atoms with Crippen LogP contribution in [0.5, 0.6) is 0 Å². The van der Waals surface area contributed by atoms with Gasteiger partial charge in [-0.25, -0.2) is 0 Å². The van der Waals surface area contributed by atoms with E-state index in [0.717, 1.165) is 13.0 Å². The Labute approximate surface area is 68.8 Å². The molecule has 0 rings (SSSR count). The van der Waals surface area contributed by atoms with E-state index >= 15 is 0 Å². The van der Waals surface area contributed by atoms with Crippen molar-refractivity contribution in [3.05, 3.63) is 0 Å². The molecule has 0 amide bonds. The van der Waals surface area contributed by atoms with Gasteiger partial charge in [-0.3, -0.25) is 0 Å². The van der Waals surface area contributed by atoms with Crippen molar-refractivity contribution in [3.63, 3.8) is 0 Å². The minimum Gasteiger partial charge on any atom is -0.394 e. The van der Waals surface area contributed by atoms with Crippen LogP contribution in [-0.2, 0) is 4.74 Å². The van der Waals surface area contributed by atoms with Crippen LogP contribution < -0.4 is 5.32 Å². The lowest BCUT2D eigenvalue weighted by molar-refractivity contribution is 0.0928. The molecule has 0 aromatic rings. The van der Waals surface area contributed by atoms with Gasteiger partial charge in [0, 0.05) is 12.6 Å². The highest BCUT2D eigenvalue weighted by atomic mass is 16.5. The third kappa shape index (κ3) is 7.78. The van der Waals surface area contributed by atoms with E-state index < -0.39 is 0 Å². The molecule has 0 aromatic heterocycles. The van der Waals surface area contributed by atoms with Crippen LogP contribution in [0.25, 0.3) is 0 Å². The quantitative estimate of drug-likeness (QED) is 0.530. The summed E-state index contributed by atoms with van der Waals surface area (Å²) in [4.78, 5) is 0. The van der Waals surface area contributed by atoms with Crippen molar-refractivity contribution >= 4 is 0 Å². The second kappa shape index (κ2) is 7.98. The second-order valence-electron chi connectivity index (χ2n) is 2.60. The van der Waals surface area contributed by atoms with Crippen LogP contribution in [-0.4, -0.2) is 37.5 Å². The van der Waals surface area contributed by atoms with E-state index in [2.05, 4.69) is 19.2 Å². The first kappa shape index (κ1) is 10.9. The molecule has 68 valence electrons. The number of ether oxygens (including phenoxy) is 1. The van der Waals surface area contributed by atoms with Gasteiger partial charge in [-0.1, -0.05) is 6.92 Å². The fourth-order valence-corrected chi connectivity index (χ4v) is 0.688. The lowest BCUT2D eigenvalue weighted by Gasteiger charge is -2.10. The molecular formula is C8H19NO2. The molecule has 3 nitrogen and oxygen atoms in total. The van der Waals surface area contributed by atoms with Crippen molar-refractivity contribution < 1.29 is 9.84 Å². The summed E-state index contributed by atoms with van der Waals surface area (Å²) < 4.78 is 5.07. The Morgan fingerprint density at radius 2 is 2.18 bits per heavy atom. The molecule has 0 aliphatic heterocycles. The Hall–Kier alpha value is -0.120. The Balaban J connectivity index is 2.89. The number of aliphatic hydroxyl groups excluding tert-OH is 1. The summed E-state index contributed by atoms with van der Waals surface area (Å²) in [5.41, 5.74) is 0. The van der Waals surface area contributed by atoms with E-state index in [1.807, 2.05) is 0 Å². The van der Waals surface area contributed by atoms with E-state index in [0.29, 0.717) is 19.3 Å². The first-order valence-electron chi connectivity index (χ1n) is 4.23. The van der Waals surface area contributed by atoms with Crippen LogP contribution in [0.15, 0.2) is 0 Å². The molecular weight excluding hydrogens is 142 g/mol. The van der Waals surface area contributed by atoms with Gasteiger partial charge in [-0.15, -0.1) is 0 Å². The summed E-state index contributed by atoms with van der Waals surface area (Å²) in [5, 5.41) is 11.7. The Bertz CT molecular complexity index is 78.5. The lowest BCUT2D eigenvalue weighted by Crippen LogP contribution is -2.28. The minimum atomic E-state index is 0.114. The predicted molar refractivity (Wildman–Crippen MR) is 45.7 cm³/mol. The SMILES string of the molecule is CC[C@H](C)NCCOCCO.